The fraction of sp³-hybridized carbons (Fsp3) is 1.00. The van der Waals surface area contributed by atoms with Gasteiger partial charge in [0.05, 0.1) is 19.3 Å². The topological polar surface area (TPSA) is 30.5 Å². The lowest BCUT2D eigenvalue weighted by molar-refractivity contribution is 0.00355. The lowest BCUT2D eigenvalue weighted by Crippen LogP contribution is -2.39. The molecule has 0 radical (unpaired) electrons. The van der Waals surface area contributed by atoms with Gasteiger partial charge in [0.2, 0.25) is 0 Å². The van der Waals surface area contributed by atoms with E-state index < -0.39 is 0 Å². The maximum Gasteiger partial charge on any atom is 0.0809 e. The molecule has 2 aliphatic rings. The zero-order valence-corrected chi connectivity index (χ0v) is 11.1. The fourth-order valence-corrected chi connectivity index (χ4v) is 3.09. The molecule has 2 fully saturated rings. The first-order valence-corrected chi connectivity index (χ1v) is 7.26. The van der Waals surface area contributed by atoms with Crippen molar-refractivity contribution in [2.75, 3.05) is 26.9 Å². The predicted molar refractivity (Wildman–Crippen MR) is 69.2 cm³/mol. The molecule has 3 nitrogen and oxygen atoms in total. The molecule has 2 rings (SSSR count). The summed E-state index contributed by atoms with van der Waals surface area (Å²) in [5, 5.41) is 3.43. The van der Waals surface area contributed by atoms with Crippen molar-refractivity contribution in [1.82, 2.24) is 5.32 Å². The van der Waals surface area contributed by atoms with Crippen molar-refractivity contribution in [1.29, 1.82) is 0 Å². The van der Waals surface area contributed by atoms with Crippen molar-refractivity contribution in [3.63, 3.8) is 0 Å². The van der Waals surface area contributed by atoms with Gasteiger partial charge in [-0.2, -0.15) is 0 Å². The van der Waals surface area contributed by atoms with Crippen molar-refractivity contribution in [3.05, 3.63) is 0 Å². The molecule has 0 bridgehead atoms. The van der Waals surface area contributed by atoms with E-state index in [1.807, 2.05) is 0 Å². The van der Waals surface area contributed by atoms with E-state index >= 15 is 0 Å². The first-order chi connectivity index (χ1) is 8.40. The van der Waals surface area contributed by atoms with Crippen LogP contribution < -0.4 is 5.32 Å². The molecule has 2 atom stereocenters. The van der Waals surface area contributed by atoms with Gasteiger partial charge in [-0.05, 0) is 38.6 Å². The highest BCUT2D eigenvalue weighted by Gasteiger charge is 2.23. The van der Waals surface area contributed by atoms with E-state index in [1.165, 1.54) is 44.9 Å². The van der Waals surface area contributed by atoms with Gasteiger partial charge >= 0.3 is 0 Å². The second-order valence-electron chi connectivity index (χ2n) is 5.47. The van der Waals surface area contributed by atoms with Crippen molar-refractivity contribution in [2.45, 2.75) is 57.1 Å². The van der Waals surface area contributed by atoms with Crippen LogP contribution in [-0.2, 0) is 9.47 Å². The third-order valence-corrected chi connectivity index (χ3v) is 4.21. The van der Waals surface area contributed by atoms with E-state index in [0.717, 1.165) is 25.7 Å². The maximum atomic E-state index is 5.84. The highest BCUT2D eigenvalue weighted by molar-refractivity contribution is 4.78. The molecule has 2 unspecified atom stereocenters. The molecule has 1 aliphatic heterocycles. The number of hydrogen-bond donors (Lipinski definition) is 1. The van der Waals surface area contributed by atoms with E-state index in [4.69, 9.17) is 9.47 Å². The lowest BCUT2D eigenvalue weighted by atomic mass is 9.84. The summed E-state index contributed by atoms with van der Waals surface area (Å²) in [4.78, 5) is 0. The molecule has 0 spiro atoms. The number of hydrogen-bond acceptors (Lipinski definition) is 3. The first kappa shape index (κ1) is 13.3. The van der Waals surface area contributed by atoms with Crippen LogP contribution >= 0.6 is 0 Å². The average molecular weight is 241 g/mol. The summed E-state index contributed by atoms with van der Waals surface area (Å²) in [6.45, 7) is 2.55. The summed E-state index contributed by atoms with van der Waals surface area (Å²) in [6.07, 6.45) is 9.69. The Morgan fingerprint density at radius 2 is 2.00 bits per heavy atom. The molecular formula is C14H27NO2. The molecule has 1 saturated heterocycles. The molecule has 1 heterocycles. The summed E-state index contributed by atoms with van der Waals surface area (Å²) in [5.74, 6) is 0.818. The van der Waals surface area contributed by atoms with Crippen LogP contribution in [-0.4, -0.2) is 39.0 Å². The van der Waals surface area contributed by atoms with Crippen molar-refractivity contribution in [2.24, 2.45) is 5.92 Å². The first-order valence-electron chi connectivity index (χ1n) is 7.26. The number of rotatable bonds is 6. The Labute approximate surface area is 105 Å². The minimum absolute atomic E-state index is 0.360. The van der Waals surface area contributed by atoms with Gasteiger partial charge in [-0.3, -0.25) is 0 Å². The third-order valence-electron chi connectivity index (χ3n) is 4.21. The van der Waals surface area contributed by atoms with Crippen LogP contribution in [0.2, 0.25) is 0 Å². The Hall–Kier alpha value is -0.120. The van der Waals surface area contributed by atoms with Crippen LogP contribution in [0.3, 0.4) is 0 Å². The number of ether oxygens (including phenoxy) is 2. The smallest absolute Gasteiger partial charge is 0.0809 e. The Balaban J connectivity index is 1.63. The number of likely N-dealkylation sites (N-methyl/N-ethyl adjacent to an activating group) is 1. The van der Waals surface area contributed by atoms with Crippen LogP contribution in [0.5, 0.6) is 0 Å². The molecule has 17 heavy (non-hydrogen) atoms. The Morgan fingerprint density at radius 3 is 2.65 bits per heavy atom. The lowest BCUT2D eigenvalue weighted by Gasteiger charge is -2.30. The van der Waals surface area contributed by atoms with Crippen LogP contribution in [0.15, 0.2) is 0 Å². The molecule has 0 aromatic rings. The summed E-state index contributed by atoms with van der Waals surface area (Å²) < 4.78 is 11.4. The van der Waals surface area contributed by atoms with Crippen LogP contribution in [0.4, 0.5) is 0 Å². The van der Waals surface area contributed by atoms with E-state index in [2.05, 4.69) is 12.4 Å². The van der Waals surface area contributed by atoms with Gasteiger partial charge in [-0.1, -0.05) is 19.3 Å². The molecule has 1 aliphatic carbocycles. The van der Waals surface area contributed by atoms with Crippen molar-refractivity contribution < 1.29 is 9.47 Å². The SMILES string of the molecule is CNC(COCC1CCCO1)C1CCCCC1. The second kappa shape index (κ2) is 7.34. The van der Waals surface area contributed by atoms with Gasteiger partial charge in [0.1, 0.15) is 0 Å². The Bertz CT molecular complexity index is 198. The summed E-state index contributed by atoms with van der Waals surface area (Å²) in [6, 6.07) is 0.539. The van der Waals surface area contributed by atoms with Crippen LogP contribution in [0, 0.1) is 5.92 Å². The van der Waals surface area contributed by atoms with Gasteiger partial charge in [-0.15, -0.1) is 0 Å². The number of nitrogens with one attached hydrogen (secondary N) is 1. The van der Waals surface area contributed by atoms with Gasteiger partial charge in [-0.25, -0.2) is 0 Å². The molecule has 1 saturated carbocycles. The van der Waals surface area contributed by atoms with Crippen molar-refractivity contribution >= 4 is 0 Å². The zero-order valence-electron chi connectivity index (χ0n) is 11.1. The van der Waals surface area contributed by atoms with Gasteiger partial charge in [0.25, 0.3) is 0 Å². The van der Waals surface area contributed by atoms with Gasteiger partial charge in [0.15, 0.2) is 0 Å². The molecule has 0 amide bonds. The largest absolute Gasteiger partial charge is 0.377 e. The minimum atomic E-state index is 0.360. The molecule has 1 N–H and O–H groups in total. The quantitative estimate of drug-likeness (QED) is 0.774. The maximum absolute atomic E-state index is 5.84. The summed E-state index contributed by atoms with van der Waals surface area (Å²) in [5.41, 5.74) is 0. The van der Waals surface area contributed by atoms with Crippen LogP contribution in [0.25, 0.3) is 0 Å². The van der Waals surface area contributed by atoms with Crippen molar-refractivity contribution in [3.8, 4) is 0 Å². The Morgan fingerprint density at radius 1 is 1.18 bits per heavy atom. The highest BCUT2D eigenvalue weighted by atomic mass is 16.5. The normalized spacial score (nSPS) is 28.4. The predicted octanol–water partition coefficient (Wildman–Crippen LogP) is 2.35. The second-order valence-corrected chi connectivity index (χ2v) is 5.47. The van der Waals surface area contributed by atoms with Gasteiger partial charge < -0.3 is 14.8 Å². The van der Waals surface area contributed by atoms with Gasteiger partial charge in [0, 0.05) is 12.6 Å². The summed E-state index contributed by atoms with van der Waals surface area (Å²) >= 11 is 0. The highest BCUT2D eigenvalue weighted by Crippen LogP contribution is 2.26. The molecular weight excluding hydrogens is 214 g/mol. The van der Waals surface area contributed by atoms with E-state index in [0.29, 0.717) is 12.1 Å². The average Bonchev–Trinajstić information content (AvgIpc) is 2.89. The van der Waals surface area contributed by atoms with E-state index in [-0.39, 0.29) is 0 Å². The molecule has 0 aromatic heterocycles. The third kappa shape index (κ3) is 4.23. The standard InChI is InChI=1S/C14H27NO2/c1-15-14(12-6-3-2-4-7-12)11-16-10-13-8-5-9-17-13/h12-15H,2-11H2,1H3. The fourth-order valence-electron chi connectivity index (χ4n) is 3.09. The Kier molecular flexibility index (Phi) is 5.75. The molecule has 3 heteroatoms. The van der Waals surface area contributed by atoms with E-state index in [1.54, 1.807) is 0 Å². The monoisotopic (exact) mass is 241 g/mol. The minimum Gasteiger partial charge on any atom is -0.377 e. The van der Waals surface area contributed by atoms with Crippen LogP contribution in [0.1, 0.15) is 44.9 Å². The summed E-state index contributed by atoms with van der Waals surface area (Å²) in [7, 11) is 2.06. The zero-order chi connectivity index (χ0) is 11.9. The molecule has 100 valence electrons. The van der Waals surface area contributed by atoms with E-state index in [9.17, 15) is 0 Å². The molecule has 0 aromatic carbocycles.